The quantitative estimate of drug-likeness (QED) is 0.151. The third-order valence-corrected chi connectivity index (χ3v) is 7.16. The molecule has 0 unspecified atom stereocenters. The average molecular weight is 522 g/mol. The van der Waals surface area contributed by atoms with Gasteiger partial charge in [0.25, 0.3) is 0 Å². The average Bonchev–Trinajstić information content (AvgIpc) is 2.84. The maximum Gasteiger partial charge on any atom is 0.165 e. The fourth-order valence-electron chi connectivity index (χ4n) is 3.68. The first-order valence-electron chi connectivity index (χ1n) is 11.3. The summed E-state index contributed by atoms with van der Waals surface area (Å²) in [5, 5.41) is 12.0. The van der Waals surface area contributed by atoms with E-state index in [1.165, 1.54) is 5.56 Å². The second-order valence-corrected chi connectivity index (χ2v) is 10.1. The molecular weight excluding hydrogens is 495 g/mol. The minimum absolute atomic E-state index is 0.242. The Balaban J connectivity index is 1.71. The molecule has 0 saturated carbocycles. The van der Waals surface area contributed by atoms with Crippen LogP contribution < -0.4 is 0 Å². The number of aryl methyl sites for hydroxylation is 1. The zero-order chi connectivity index (χ0) is 24.6. The van der Waals surface area contributed by atoms with Crippen molar-refractivity contribution in [1.29, 1.82) is 0 Å². The lowest BCUT2D eigenvalue weighted by molar-refractivity contribution is 0.411. The van der Waals surface area contributed by atoms with Gasteiger partial charge in [-0.1, -0.05) is 101 Å². The van der Waals surface area contributed by atoms with Gasteiger partial charge in [0.2, 0.25) is 0 Å². The van der Waals surface area contributed by atoms with Crippen LogP contribution >= 0.6 is 35.0 Å². The van der Waals surface area contributed by atoms with Gasteiger partial charge in [0.05, 0.1) is 16.6 Å². The lowest BCUT2D eigenvalue weighted by Gasteiger charge is -2.26. The Bertz CT molecular complexity index is 1310. The van der Waals surface area contributed by atoms with Crippen LogP contribution in [0.4, 0.5) is 0 Å². The molecule has 0 spiro atoms. The third-order valence-electron chi connectivity index (χ3n) is 5.34. The normalized spacial score (nSPS) is 11.5. The number of aliphatic imine (C=N–C) groups is 1. The van der Waals surface area contributed by atoms with Gasteiger partial charge < -0.3 is 10.0 Å². The first kappa shape index (κ1) is 25.2. The van der Waals surface area contributed by atoms with Crippen molar-refractivity contribution in [2.45, 2.75) is 31.5 Å². The van der Waals surface area contributed by atoms with E-state index in [9.17, 15) is 5.11 Å². The lowest BCUT2D eigenvalue weighted by Crippen LogP contribution is -2.28. The molecule has 0 bridgehead atoms. The number of nitrogens with zero attached hydrogens (tertiary/aromatic N) is 2. The van der Waals surface area contributed by atoms with Crippen LogP contribution in [0, 0.1) is 6.92 Å². The van der Waals surface area contributed by atoms with Gasteiger partial charge in [-0.2, -0.15) is 0 Å². The van der Waals surface area contributed by atoms with E-state index in [0.29, 0.717) is 29.7 Å². The number of rotatable bonds is 7. The van der Waals surface area contributed by atoms with Gasteiger partial charge in [0.15, 0.2) is 5.17 Å². The van der Waals surface area contributed by atoms with E-state index in [1.807, 2.05) is 48.5 Å². The molecule has 0 amide bonds. The molecule has 178 valence electrons. The number of phenolic OH excluding ortho intramolecular Hbond substituents is 1. The summed E-state index contributed by atoms with van der Waals surface area (Å²) in [4.78, 5) is 8.38. The highest BCUT2D eigenvalue weighted by Gasteiger charge is 2.16. The molecule has 4 rings (SSSR count). The number of phenols is 1. The number of hydrogen-bond donors (Lipinski definition) is 1. The highest BCUT2D eigenvalue weighted by molar-refractivity contribution is 8.13. The minimum atomic E-state index is 0.242. The smallest absolute Gasteiger partial charge is 0.165 e. The Labute approximate surface area is 221 Å². The molecule has 3 nitrogen and oxygen atoms in total. The van der Waals surface area contributed by atoms with E-state index in [0.717, 1.165) is 26.8 Å². The van der Waals surface area contributed by atoms with Gasteiger partial charge >= 0.3 is 0 Å². The van der Waals surface area contributed by atoms with Crippen LogP contribution in [0.2, 0.25) is 10.0 Å². The fraction of sp³-hybridized carbons (Fsp3) is 0.138. The van der Waals surface area contributed by atoms with Gasteiger partial charge in [0.1, 0.15) is 5.75 Å². The van der Waals surface area contributed by atoms with Crippen molar-refractivity contribution >= 4 is 40.1 Å². The molecule has 35 heavy (non-hydrogen) atoms. The third kappa shape index (κ3) is 7.53. The molecule has 6 heteroatoms. The molecule has 0 fully saturated rings. The monoisotopic (exact) mass is 520 g/mol. The second-order valence-electron chi connectivity index (χ2n) is 8.28. The maximum atomic E-state index is 10.0. The molecule has 0 heterocycles. The van der Waals surface area contributed by atoms with Gasteiger partial charge in [-0.15, -0.1) is 0 Å². The van der Waals surface area contributed by atoms with Crippen molar-refractivity contribution in [2.24, 2.45) is 4.99 Å². The van der Waals surface area contributed by atoms with Crippen LogP contribution in [0.5, 0.6) is 5.75 Å². The number of aromatic hydroxyl groups is 1. The SMILES string of the molecule is Cc1cccc(CN=C(Sc2ccccc2)N(Cc2cccc(O)c2)Cc2ccc(Cl)c(Cl)c2)c1. The van der Waals surface area contributed by atoms with Crippen molar-refractivity contribution in [2.75, 3.05) is 0 Å². The van der Waals surface area contributed by atoms with Gasteiger partial charge in [-0.05, 0) is 60.0 Å². The number of halogens is 2. The van der Waals surface area contributed by atoms with E-state index in [-0.39, 0.29) is 5.75 Å². The Morgan fingerprint density at radius 1 is 0.771 bits per heavy atom. The molecule has 4 aromatic carbocycles. The molecular formula is C29H26Cl2N2OS. The summed E-state index contributed by atoms with van der Waals surface area (Å²) in [5.41, 5.74) is 4.38. The predicted octanol–water partition coefficient (Wildman–Crippen LogP) is 8.36. The first-order chi connectivity index (χ1) is 17.0. The Hall–Kier alpha value is -2.92. The molecule has 0 aliphatic carbocycles. The molecule has 4 aromatic rings. The van der Waals surface area contributed by atoms with E-state index in [2.05, 4.69) is 48.2 Å². The van der Waals surface area contributed by atoms with Crippen molar-refractivity contribution in [3.63, 3.8) is 0 Å². The van der Waals surface area contributed by atoms with Crippen LogP contribution in [-0.4, -0.2) is 15.2 Å². The molecule has 0 radical (unpaired) electrons. The summed E-state index contributed by atoms with van der Waals surface area (Å²) < 4.78 is 0. The van der Waals surface area contributed by atoms with Gasteiger partial charge in [-0.3, -0.25) is 4.99 Å². The molecule has 1 N–H and O–H groups in total. The zero-order valence-electron chi connectivity index (χ0n) is 19.4. The lowest BCUT2D eigenvalue weighted by atomic mass is 10.1. The zero-order valence-corrected chi connectivity index (χ0v) is 21.7. The minimum Gasteiger partial charge on any atom is -0.508 e. The standard InChI is InChI=1S/C29H26Cl2N2OS/c1-21-7-5-8-22(15-21)18-32-29(35-26-11-3-2-4-12-26)33(19-23-9-6-10-25(34)16-23)20-24-13-14-27(30)28(31)17-24/h2-17,34H,18-20H2,1H3. The van der Waals surface area contributed by atoms with Crippen molar-refractivity contribution in [1.82, 2.24) is 4.90 Å². The van der Waals surface area contributed by atoms with Crippen LogP contribution in [0.15, 0.2) is 107 Å². The Morgan fingerprint density at radius 2 is 1.49 bits per heavy atom. The summed E-state index contributed by atoms with van der Waals surface area (Å²) in [6.07, 6.45) is 0. The molecule has 0 aliphatic rings. The summed E-state index contributed by atoms with van der Waals surface area (Å²) >= 11 is 14.1. The number of amidine groups is 1. The maximum absolute atomic E-state index is 10.0. The number of hydrogen-bond acceptors (Lipinski definition) is 3. The topological polar surface area (TPSA) is 35.8 Å². The predicted molar refractivity (Wildman–Crippen MR) is 148 cm³/mol. The van der Waals surface area contributed by atoms with Crippen molar-refractivity contribution in [3.05, 3.63) is 129 Å². The molecule has 0 aromatic heterocycles. The molecule has 0 aliphatic heterocycles. The van der Waals surface area contributed by atoms with E-state index < -0.39 is 0 Å². The second kappa shape index (κ2) is 12.2. The summed E-state index contributed by atoms with van der Waals surface area (Å²) in [6.45, 7) is 3.81. The largest absolute Gasteiger partial charge is 0.508 e. The highest BCUT2D eigenvalue weighted by Crippen LogP contribution is 2.28. The van der Waals surface area contributed by atoms with E-state index in [1.54, 1.807) is 23.9 Å². The highest BCUT2D eigenvalue weighted by atomic mass is 35.5. The summed E-state index contributed by atoms with van der Waals surface area (Å²) in [6, 6.07) is 31.7. The first-order valence-corrected chi connectivity index (χ1v) is 12.8. The molecule has 0 saturated heterocycles. The van der Waals surface area contributed by atoms with Gasteiger partial charge in [0, 0.05) is 18.0 Å². The van der Waals surface area contributed by atoms with Crippen molar-refractivity contribution in [3.8, 4) is 5.75 Å². The number of benzene rings is 4. The van der Waals surface area contributed by atoms with Crippen LogP contribution in [0.1, 0.15) is 22.3 Å². The summed E-state index contributed by atoms with van der Waals surface area (Å²) in [5.74, 6) is 0.242. The molecule has 0 atom stereocenters. The van der Waals surface area contributed by atoms with E-state index >= 15 is 0 Å². The van der Waals surface area contributed by atoms with Crippen LogP contribution in [0.3, 0.4) is 0 Å². The number of thioether (sulfide) groups is 1. The van der Waals surface area contributed by atoms with E-state index in [4.69, 9.17) is 28.2 Å². The summed E-state index contributed by atoms with van der Waals surface area (Å²) in [7, 11) is 0. The van der Waals surface area contributed by atoms with Crippen molar-refractivity contribution < 1.29 is 5.11 Å². The van der Waals surface area contributed by atoms with Gasteiger partial charge in [-0.25, -0.2) is 0 Å². The Morgan fingerprint density at radius 3 is 2.20 bits per heavy atom. The Kier molecular flexibility index (Phi) is 8.75. The van der Waals surface area contributed by atoms with Crippen LogP contribution in [-0.2, 0) is 19.6 Å². The fourth-order valence-corrected chi connectivity index (χ4v) is 4.90. The van der Waals surface area contributed by atoms with Crippen LogP contribution in [0.25, 0.3) is 0 Å².